The molecular weight excluding hydrogens is 333 g/mol. The van der Waals surface area contributed by atoms with Crippen LogP contribution in [-0.4, -0.2) is 32.2 Å². The molecule has 0 spiro atoms. The molecule has 1 saturated carbocycles. The number of hydrogen-bond donors (Lipinski definition) is 1. The number of amides is 1. The zero-order valence-electron chi connectivity index (χ0n) is 14.9. The smallest absolute Gasteiger partial charge is 0.246 e. The van der Waals surface area contributed by atoms with Gasteiger partial charge in [-0.3, -0.25) is 9.48 Å². The van der Waals surface area contributed by atoms with Crippen molar-refractivity contribution in [2.45, 2.75) is 44.9 Å². The molecular formula is C20H24FN3O2. The minimum absolute atomic E-state index is 0.102. The fourth-order valence-electron chi connectivity index (χ4n) is 3.18. The van der Waals surface area contributed by atoms with Crippen LogP contribution < -0.4 is 0 Å². The summed E-state index contributed by atoms with van der Waals surface area (Å²) < 4.78 is 15.1. The van der Waals surface area contributed by atoms with E-state index in [4.69, 9.17) is 0 Å². The third kappa shape index (κ3) is 3.85. The number of carbonyl (C=O) groups is 1. The van der Waals surface area contributed by atoms with E-state index in [1.807, 2.05) is 11.6 Å². The van der Waals surface area contributed by atoms with Crippen LogP contribution in [0.1, 0.15) is 48.2 Å². The third-order valence-corrected chi connectivity index (χ3v) is 5.06. The largest absolute Gasteiger partial charge is 0.387 e. The molecule has 138 valence electrons. The number of hydrogen-bond acceptors (Lipinski definition) is 3. The summed E-state index contributed by atoms with van der Waals surface area (Å²) in [6.45, 7) is 6.01. The van der Waals surface area contributed by atoms with E-state index in [-0.39, 0.29) is 18.3 Å². The van der Waals surface area contributed by atoms with Crippen LogP contribution in [0.3, 0.4) is 0 Å². The molecule has 0 unspecified atom stereocenters. The molecule has 1 aliphatic carbocycles. The lowest BCUT2D eigenvalue weighted by atomic mass is 9.93. The van der Waals surface area contributed by atoms with Gasteiger partial charge in [0.25, 0.3) is 0 Å². The van der Waals surface area contributed by atoms with Crippen LogP contribution >= 0.6 is 0 Å². The third-order valence-electron chi connectivity index (χ3n) is 5.06. The number of halogens is 1. The van der Waals surface area contributed by atoms with Gasteiger partial charge in [0, 0.05) is 17.8 Å². The maximum absolute atomic E-state index is 13.1. The molecule has 1 fully saturated rings. The SMILES string of the molecule is C=CC(=O)N(Cc1cnn(C2CCC2)c1C)C[C@H](O)c1ccc(F)cc1. The second kappa shape index (κ2) is 7.83. The second-order valence-electron chi connectivity index (χ2n) is 6.77. The summed E-state index contributed by atoms with van der Waals surface area (Å²) in [6, 6.07) is 6.10. The fraction of sp³-hybridized carbons (Fsp3) is 0.400. The molecule has 2 aromatic rings. The van der Waals surface area contributed by atoms with E-state index in [1.165, 1.54) is 41.7 Å². The number of benzene rings is 1. The van der Waals surface area contributed by atoms with Gasteiger partial charge < -0.3 is 10.0 Å². The van der Waals surface area contributed by atoms with Crippen LogP contribution in [0, 0.1) is 12.7 Å². The highest BCUT2D eigenvalue weighted by Crippen LogP contribution is 2.32. The Bertz CT molecular complexity index is 781. The lowest BCUT2D eigenvalue weighted by Crippen LogP contribution is -2.33. The number of aromatic nitrogens is 2. The van der Waals surface area contributed by atoms with E-state index < -0.39 is 6.10 Å². The quantitative estimate of drug-likeness (QED) is 0.774. The van der Waals surface area contributed by atoms with Crippen molar-refractivity contribution in [3.8, 4) is 0 Å². The Labute approximate surface area is 152 Å². The van der Waals surface area contributed by atoms with Gasteiger partial charge in [0.2, 0.25) is 5.91 Å². The van der Waals surface area contributed by atoms with Crippen molar-refractivity contribution in [2.24, 2.45) is 0 Å². The normalized spacial score (nSPS) is 15.3. The topological polar surface area (TPSA) is 58.4 Å². The van der Waals surface area contributed by atoms with Crippen molar-refractivity contribution >= 4 is 5.91 Å². The predicted molar refractivity (Wildman–Crippen MR) is 96.8 cm³/mol. The van der Waals surface area contributed by atoms with Gasteiger partial charge in [-0.1, -0.05) is 18.7 Å². The molecule has 0 radical (unpaired) electrons. The first-order valence-electron chi connectivity index (χ1n) is 8.87. The van der Waals surface area contributed by atoms with Crippen LogP contribution in [0.25, 0.3) is 0 Å². The maximum Gasteiger partial charge on any atom is 0.246 e. The number of nitrogens with zero attached hydrogens (tertiary/aromatic N) is 3. The van der Waals surface area contributed by atoms with E-state index in [2.05, 4.69) is 11.7 Å². The van der Waals surface area contributed by atoms with Gasteiger partial charge in [-0.2, -0.15) is 5.10 Å². The first kappa shape index (κ1) is 18.3. The highest BCUT2D eigenvalue weighted by Gasteiger charge is 2.24. The molecule has 1 heterocycles. The molecule has 0 saturated heterocycles. The number of aliphatic hydroxyl groups excluding tert-OH is 1. The van der Waals surface area contributed by atoms with Crippen LogP contribution in [0.2, 0.25) is 0 Å². The summed E-state index contributed by atoms with van der Waals surface area (Å²) in [4.78, 5) is 13.8. The van der Waals surface area contributed by atoms with Gasteiger partial charge in [-0.05, 0) is 50.0 Å². The molecule has 5 nitrogen and oxygen atoms in total. The first-order chi connectivity index (χ1) is 12.5. The van der Waals surface area contributed by atoms with Crippen molar-refractivity contribution in [1.82, 2.24) is 14.7 Å². The summed E-state index contributed by atoms with van der Waals surface area (Å²) in [5.41, 5.74) is 2.57. The van der Waals surface area contributed by atoms with E-state index in [0.717, 1.165) is 24.1 Å². The maximum atomic E-state index is 13.1. The Morgan fingerprint density at radius 1 is 1.46 bits per heavy atom. The van der Waals surface area contributed by atoms with Gasteiger partial charge >= 0.3 is 0 Å². The molecule has 0 aliphatic heterocycles. The van der Waals surface area contributed by atoms with Crippen LogP contribution in [-0.2, 0) is 11.3 Å². The van der Waals surface area contributed by atoms with Gasteiger partial charge in [-0.25, -0.2) is 4.39 Å². The predicted octanol–water partition coefficient (Wildman–Crippen LogP) is 3.30. The summed E-state index contributed by atoms with van der Waals surface area (Å²) in [5, 5.41) is 14.9. The highest BCUT2D eigenvalue weighted by atomic mass is 19.1. The van der Waals surface area contributed by atoms with Crippen LogP contribution in [0.15, 0.2) is 43.1 Å². The van der Waals surface area contributed by atoms with Gasteiger partial charge in [0.05, 0.1) is 24.9 Å². The second-order valence-corrected chi connectivity index (χ2v) is 6.77. The summed E-state index contributed by atoms with van der Waals surface area (Å²) >= 11 is 0. The summed E-state index contributed by atoms with van der Waals surface area (Å²) in [5.74, 6) is -0.624. The summed E-state index contributed by atoms with van der Waals surface area (Å²) in [6.07, 6.45) is 5.64. The molecule has 1 N–H and O–H groups in total. The van der Waals surface area contributed by atoms with E-state index >= 15 is 0 Å². The van der Waals surface area contributed by atoms with Crippen molar-refractivity contribution < 1.29 is 14.3 Å². The Balaban J connectivity index is 1.74. The Kier molecular flexibility index (Phi) is 5.52. The van der Waals surface area contributed by atoms with Gasteiger partial charge in [-0.15, -0.1) is 0 Å². The first-order valence-corrected chi connectivity index (χ1v) is 8.87. The van der Waals surface area contributed by atoms with Crippen molar-refractivity contribution in [3.05, 3.63) is 65.8 Å². The molecule has 1 aromatic heterocycles. The molecule has 0 bridgehead atoms. The Morgan fingerprint density at radius 2 is 2.15 bits per heavy atom. The van der Waals surface area contributed by atoms with E-state index in [0.29, 0.717) is 18.2 Å². The number of rotatable bonds is 7. The number of carbonyl (C=O) groups excluding carboxylic acids is 1. The highest BCUT2D eigenvalue weighted by molar-refractivity contribution is 5.87. The lowest BCUT2D eigenvalue weighted by Gasteiger charge is -2.27. The Morgan fingerprint density at radius 3 is 2.73 bits per heavy atom. The lowest BCUT2D eigenvalue weighted by molar-refractivity contribution is -0.128. The minimum Gasteiger partial charge on any atom is -0.387 e. The van der Waals surface area contributed by atoms with Gasteiger partial charge in [0.15, 0.2) is 0 Å². The minimum atomic E-state index is -0.901. The van der Waals surface area contributed by atoms with E-state index in [9.17, 15) is 14.3 Å². The zero-order valence-corrected chi connectivity index (χ0v) is 14.9. The average molecular weight is 357 g/mol. The molecule has 1 aromatic carbocycles. The molecule has 26 heavy (non-hydrogen) atoms. The van der Waals surface area contributed by atoms with E-state index in [1.54, 1.807) is 6.20 Å². The molecule has 1 aliphatic rings. The van der Waals surface area contributed by atoms with Gasteiger partial charge in [0.1, 0.15) is 5.82 Å². The average Bonchev–Trinajstić information content (AvgIpc) is 2.93. The Hall–Kier alpha value is -2.47. The molecule has 1 atom stereocenters. The standard InChI is InChI=1S/C20H24FN3O2/c1-3-20(26)23(13-19(25)15-7-9-17(21)10-8-15)12-16-11-22-24(14(16)2)18-5-4-6-18/h3,7-11,18-19,25H,1,4-6,12-13H2,2H3/t19-/m0/s1. The molecule has 3 rings (SSSR count). The van der Waals surface area contributed by atoms with Crippen molar-refractivity contribution in [1.29, 1.82) is 0 Å². The summed E-state index contributed by atoms with van der Waals surface area (Å²) in [7, 11) is 0. The van der Waals surface area contributed by atoms with Crippen molar-refractivity contribution in [2.75, 3.05) is 6.54 Å². The fourth-order valence-corrected chi connectivity index (χ4v) is 3.18. The molecule has 6 heteroatoms. The monoisotopic (exact) mass is 357 g/mol. The van der Waals surface area contributed by atoms with Crippen molar-refractivity contribution in [3.63, 3.8) is 0 Å². The van der Waals surface area contributed by atoms with Crippen LogP contribution in [0.4, 0.5) is 4.39 Å². The zero-order chi connectivity index (χ0) is 18.7. The number of aliphatic hydroxyl groups is 1. The van der Waals surface area contributed by atoms with Crippen LogP contribution in [0.5, 0.6) is 0 Å². The molecule has 1 amide bonds.